The Morgan fingerprint density at radius 2 is 1.74 bits per heavy atom. The van der Waals surface area contributed by atoms with Gasteiger partial charge in [0.25, 0.3) is 0 Å². The smallest absolute Gasteiger partial charge is 0.416 e. The Kier molecular flexibility index (Phi) is 9.38. The molecule has 0 aromatic heterocycles. The van der Waals surface area contributed by atoms with Gasteiger partial charge in [-0.15, -0.1) is 0 Å². The Morgan fingerprint density at radius 3 is 2.49 bits per heavy atom. The number of amides is 1. The number of hydrogen-bond acceptors (Lipinski definition) is 5. The molecule has 1 aliphatic heterocycles. The predicted molar refractivity (Wildman–Crippen MR) is 152 cm³/mol. The number of halogens is 4. The zero-order valence-corrected chi connectivity index (χ0v) is 24.1. The van der Waals surface area contributed by atoms with Gasteiger partial charge in [0.2, 0.25) is 15.9 Å². The van der Waals surface area contributed by atoms with Crippen molar-refractivity contribution in [1.29, 1.82) is 0 Å². The van der Waals surface area contributed by atoms with E-state index in [0.29, 0.717) is 37.4 Å². The number of alkyl halides is 3. The summed E-state index contributed by atoms with van der Waals surface area (Å²) in [5, 5.41) is 6.50. The van der Waals surface area contributed by atoms with Gasteiger partial charge >= 0.3 is 6.18 Å². The van der Waals surface area contributed by atoms with Crippen LogP contribution >= 0.6 is 0 Å². The molecule has 0 bridgehead atoms. The zero-order valence-electron chi connectivity index (χ0n) is 23.3. The Balaban J connectivity index is 1.31. The van der Waals surface area contributed by atoms with E-state index in [1.54, 1.807) is 0 Å². The van der Waals surface area contributed by atoms with Gasteiger partial charge in [0.05, 0.1) is 29.1 Å². The van der Waals surface area contributed by atoms with Gasteiger partial charge in [-0.2, -0.15) is 13.2 Å². The number of fused-ring (bicyclic) bond motifs is 1. The maximum absolute atomic E-state index is 14.1. The van der Waals surface area contributed by atoms with Gasteiger partial charge in [0, 0.05) is 31.0 Å². The minimum absolute atomic E-state index is 0.150. The van der Waals surface area contributed by atoms with Crippen LogP contribution in [0.25, 0.3) is 0 Å². The minimum atomic E-state index is -4.75. The summed E-state index contributed by atoms with van der Waals surface area (Å²) < 4.78 is 88.3. The lowest BCUT2D eigenvalue weighted by Gasteiger charge is -2.28. The Morgan fingerprint density at radius 1 is 0.977 bits per heavy atom. The molecule has 3 N–H and O–H groups in total. The number of benzene rings is 3. The molecule has 5 rings (SSSR count). The van der Waals surface area contributed by atoms with Gasteiger partial charge in [-0.3, -0.25) is 4.79 Å². The third-order valence-electron chi connectivity index (χ3n) is 7.81. The highest BCUT2D eigenvalue weighted by molar-refractivity contribution is 7.89. The first kappa shape index (κ1) is 31.0. The molecular formula is C31H33F4N3O4S. The first-order valence-corrected chi connectivity index (χ1v) is 15.7. The zero-order chi connectivity index (χ0) is 30.6. The van der Waals surface area contributed by atoms with Crippen LogP contribution in [0, 0.1) is 5.82 Å². The van der Waals surface area contributed by atoms with Crippen LogP contribution in [0.15, 0.2) is 71.6 Å². The number of hydrogen-bond donors (Lipinski definition) is 3. The summed E-state index contributed by atoms with van der Waals surface area (Å²) in [6, 6.07) is 13.0. The standard InChI is InChI=1S/C31H33F4N3O4S/c32-23-7-3-5-21(16-23)28(38-43(40,41)25-10-4-6-22(17-25)31(33,34)35)18-30(39)37-27-13-14-42-29-15-20(11-12-26(27)29)19-36-24-8-1-2-9-24/h3-7,10-12,15-17,24,27-28,36,38H,1-2,8-9,13-14,18-19H2,(H,37,39)/t27-,28-/m1/s1. The summed E-state index contributed by atoms with van der Waals surface area (Å²) in [5.41, 5.74) is 0.868. The van der Waals surface area contributed by atoms with E-state index in [1.807, 2.05) is 18.2 Å². The van der Waals surface area contributed by atoms with Crippen molar-refractivity contribution in [3.63, 3.8) is 0 Å². The van der Waals surface area contributed by atoms with Gasteiger partial charge in [0.1, 0.15) is 11.6 Å². The monoisotopic (exact) mass is 619 g/mol. The molecule has 0 radical (unpaired) electrons. The van der Waals surface area contributed by atoms with E-state index in [0.717, 1.165) is 35.4 Å². The van der Waals surface area contributed by atoms with Crippen LogP contribution in [0.5, 0.6) is 5.75 Å². The van der Waals surface area contributed by atoms with Gasteiger partial charge in [-0.25, -0.2) is 17.5 Å². The quantitative estimate of drug-likeness (QED) is 0.245. The highest BCUT2D eigenvalue weighted by Crippen LogP contribution is 2.34. The second-order valence-corrected chi connectivity index (χ2v) is 12.7. The van der Waals surface area contributed by atoms with E-state index in [4.69, 9.17) is 4.74 Å². The molecule has 2 aliphatic rings. The van der Waals surface area contributed by atoms with Gasteiger partial charge in [0.15, 0.2) is 0 Å². The van der Waals surface area contributed by atoms with E-state index in [2.05, 4.69) is 15.4 Å². The fourth-order valence-electron chi connectivity index (χ4n) is 5.57. The van der Waals surface area contributed by atoms with Crippen LogP contribution in [0.4, 0.5) is 17.6 Å². The van der Waals surface area contributed by atoms with E-state index in [9.17, 15) is 30.8 Å². The van der Waals surface area contributed by atoms with Gasteiger partial charge in [-0.1, -0.05) is 43.2 Å². The average molecular weight is 620 g/mol. The summed E-state index contributed by atoms with van der Waals surface area (Å²) in [5.74, 6) is -0.516. The fraction of sp³-hybridized carbons (Fsp3) is 0.387. The SMILES string of the molecule is O=C(C[C@@H](NS(=O)(=O)c1cccc(C(F)(F)F)c1)c1cccc(F)c1)N[C@@H]1CCOc2cc(CNC3CCCC3)ccc21. The van der Waals surface area contributed by atoms with Crippen molar-refractivity contribution < 1.29 is 35.5 Å². The molecule has 1 aliphatic carbocycles. The minimum Gasteiger partial charge on any atom is -0.493 e. The van der Waals surface area contributed by atoms with Crippen LogP contribution in [0.2, 0.25) is 0 Å². The molecule has 1 heterocycles. The van der Waals surface area contributed by atoms with Crippen molar-refractivity contribution in [2.24, 2.45) is 0 Å². The third kappa shape index (κ3) is 7.92. The second-order valence-electron chi connectivity index (χ2n) is 11.0. The summed E-state index contributed by atoms with van der Waals surface area (Å²) in [6.45, 7) is 1.08. The predicted octanol–water partition coefficient (Wildman–Crippen LogP) is 5.93. The molecular weight excluding hydrogens is 586 g/mol. The highest BCUT2D eigenvalue weighted by atomic mass is 32.2. The molecule has 12 heteroatoms. The Bertz CT molecular complexity index is 1560. The molecule has 2 atom stereocenters. The topological polar surface area (TPSA) is 96.5 Å². The number of nitrogens with one attached hydrogen (secondary N) is 3. The summed E-state index contributed by atoms with van der Waals surface area (Å²) in [4.78, 5) is 12.7. The second kappa shape index (κ2) is 13.0. The highest BCUT2D eigenvalue weighted by Gasteiger charge is 2.33. The van der Waals surface area contributed by atoms with Crippen LogP contribution in [0.3, 0.4) is 0 Å². The van der Waals surface area contributed by atoms with Crippen molar-refractivity contribution in [2.75, 3.05) is 6.61 Å². The third-order valence-corrected chi connectivity index (χ3v) is 9.28. The van der Waals surface area contributed by atoms with Gasteiger partial charge in [-0.05, 0) is 60.4 Å². The maximum atomic E-state index is 14.1. The van der Waals surface area contributed by atoms with Crippen molar-refractivity contribution in [3.8, 4) is 5.75 Å². The summed E-state index contributed by atoms with van der Waals surface area (Å²) in [6.07, 6.45) is 0.125. The fourth-order valence-corrected chi connectivity index (χ4v) is 6.84. The van der Waals surface area contributed by atoms with Crippen LogP contribution < -0.4 is 20.1 Å². The molecule has 43 heavy (non-hydrogen) atoms. The molecule has 0 saturated heterocycles. The van der Waals surface area contributed by atoms with Crippen molar-refractivity contribution in [1.82, 2.24) is 15.4 Å². The van der Waals surface area contributed by atoms with Crippen molar-refractivity contribution >= 4 is 15.9 Å². The number of ether oxygens (including phenoxy) is 1. The Labute approximate surface area is 248 Å². The number of sulfonamides is 1. The van der Waals surface area contributed by atoms with E-state index in [1.165, 1.54) is 43.9 Å². The van der Waals surface area contributed by atoms with Gasteiger partial charge < -0.3 is 15.4 Å². The number of carbonyl (C=O) groups is 1. The first-order chi connectivity index (χ1) is 20.5. The largest absolute Gasteiger partial charge is 0.493 e. The average Bonchev–Trinajstić information content (AvgIpc) is 3.49. The molecule has 1 amide bonds. The Hall–Kier alpha value is -3.48. The lowest BCUT2D eigenvalue weighted by molar-refractivity contribution is -0.137. The summed E-state index contributed by atoms with van der Waals surface area (Å²) in [7, 11) is -4.53. The lowest BCUT2D eigenvalue weighted by atomic mass is 9.97. The number of carbonyl (C=O) groups excluding carboxylic acids is 1. The van der Waals surface area contributed by atoms with Crippen molar-refractivity contribution in [3.05, 3.63) is 94.8 Å². The molecule has 3 aromatic rings. The first-order valence-electron chi connectivity index (χ1n) is 14.2. The lowest BCUT2D eigenvalue weighted by Crippen LogP contribution is -2.36. The molecule has 0 spiro atoms. The maximum Gasteiger partial charge on any atom is 0.416 e. The van der Waals surface area contributed by atoms with E-state index >= 15 is 0 Å². The molecule has 1 fully saturated rings. The van der Waals surface area contributed by atoms with Crippen LogP contribution in [-0.2, 0) is 27.5 Å². The van der Waals surface area contributed by atoms with Crippen molar-refractivity contribution in [2.45, 2.75) is 74.3 Å². The normalized spacial score (nSPS) is 18.1. The molecule has 0 unspecified atom stereocenters. The molecule has 1 saturated carbocycles. The van der Waals surface area contributed by atoms with Crippen LogP contribution in [-0.4, -0.2) is 27.0 Å². The molecule has 7 nitrogen and oxygen atoms in total. The van der Waals surface area contributed by atoms with E-state index < -0.39 is 56.9 Å². The van der Waals surface area contributed by atoms with E-state index in [-0.39, 0.29) is 5.56 Å². The molecule has 230 valence electrons. The van der Waals surface area contributed by atoms with Crippen LogP contribution in [0.1, 0.15) is 72.9 Å². The molecule has 3 aromatic carbocycles. The number of rotatable bonds is 10. The summed E-state index contributed by atoms with van der Waals surface area (Å²) >= 11 is 0.